The number of carbonyl (C=O) groups excluding carboxylic acids is 1. The highest BCUT2D eigenvalue weighted by molar-refractivity contribution is 7.89. The summed E-state index contributed by atoms with van der Waals surface area (Å²) in [4.78, 5) is 12.5. The molecule has 0 aliphatic heterocycles. The molecule has 0 N–H and O–H groups in total. The molecule has 0 saturated carbocycles. The number of sulfonamides is 1. The SMILES string of the molecule is COc1ccc(-c2nnc([C@H](C)OC(=O)c3ccc(S(=O)(=O)N(C)C)cc3)o2)cc1. The molecule has 0 unspecified atom stereocenters. The van der Waals surface area contributed by atoms with Gasteiger partial charge in [-0.15, -0.1) is 10.2 Å². The highest BCUT2D eigenvalue weighted by Crippen LogP contribution is 2.25. The quantitative estimate of drug-likeness (QED) is 0.525. The van der Waals surface area contributed by atoms with Gasteiger partial charge in [0, 0.05) is 19.7 Å². The summed E-state index contributed by atoms with van der Waals surface area (Å²) in [5.74, 6) is 0.487. The Bertz CT molecular complexity index is 1120. The van der Waals surface area contributed by atoms with Crippen molar-refractivity contribution in [3.63, 3.8) is 0 Å². The van der Waals surface area contributed by atoms with E-state index in [9.17, 15) is 13.2 Å². The van der Waals surface area contributed by atoms with Crippen LogP contribution < -0.4 is 4.74 Å². The number of esters is 1. The highest BCUT2D eigenvalue weighted by Gasteiger charge is 2.21. The van der Waals surface area contributed by atoms with Crippen LogP contribution in [0.1, 0.15) is 29.3 Å². The molecule has 3 aromatic rings. The van der Waals surface area contributed by atoms with Crippen LogP contribution in [0.15, 0.2) is 57.8 Å². The summed E-state index contributed by atoms with van der Waals surface area (Å²) in [6.07, 6.45) is -0.790. The Morgan fingerprint density at radius 3 is 2.23 bits per heavy atom. The number of nitrogens with zero attached hydrogens (tertiary/aromatic N) is 3. The lowest BCUT2D eigenvalue weighted by Crippen LogP contribution is -2.22. The predicted octanol–water partition coefficient (Wildman–Crippen LogP) is 2.91. The average molecular weight is 431 g/mol. The third-order valence-corrected chi connectivity index (χ3v) is 6.11. The number of ether oxygens (including phenoxy) is 2. The fourth-order valence-corrected chi connectivity index (χ4v) is 3.40. The van der Waals surface area contributed by atoms with Crippen molar-refractivity contribution in [2.75, 3.05) is 21.2 Å². The summed E-state index contributed by atoms with van der Waals surface area (Å²) in [7, 11) is 0.869. The minimum Gasteiger partial charge on any atom is -0.497 e. The fraction of sp³-hybridized carbons (Fsp3) is 0.250. The molecule has 2 aromatic carbocycles. The molecule has 0 aliphatic rings. The highest BCUT2D eigenvalue weighted by atomic mass is 32.2. The van der Waals surface area contributed by atoms with Crippen LogP contribution in [0.25, 0.3) is 11.5 Å². The Kier molecular flexibility index (Phi) is 6.18. The first-order valence-corrected chi connectivity index (χ1v) is 10.4. The van der Waals surface area contributed by atoms with Crippen LogP contribution in [-0.4, -0.2) is 50.1 Å². The molecule has 1 atom stereocenters. The second kappa shape index (κ2) is 8.64. The maximum Gasteiger partial charge on any atom is 0.338 e. The van der Waals surface area contributed by atoms with Crippen LogP contribution >= 0.6 is 0 Å². The van der Waals surface area contributed by atoms with E-state index in [1.165, 1.54) is 38.4 Å². The summed E-state index contributed by atoms with van der Waals surface area (Å²) in [6, 6.07) is 12.6. The van der Waals surface area contributed by atoms with Gasteiger partial charge in [0.25, 0.3) is 5.89 Å². The molecule has 10 heteroatoms. The molecule has 0 radical (unpaired) electrons. The predicted molar refractivity (Wildman–Crippen MR) is 107 cm³/mol. The zero-order valence-electron chi connectivity index (χ0n) is 16.9. The first-order valence-electron chi connectivity index (χ1n) is 8.94. The monoisotopic (exact) mass is 431 g/mol. The number of aromatic nitrogens is 2. The first-order chi connectivity index (χ1) is 14.2. The molecule has 9 nitrogen and oxygen atoms in total. The van der Waals surface area contributed by atoms with Crippen molar-refractivity contribution in [1.82, 2.24) is 14.5 Å². The number of hydrogen-bond acceptors (Lipinski definition) is 8. The summed E-state index contributed by atoms with van der Waals surface area (Å²) in [5, 5.41) is 7.92. The molecular weight excluding hydrogens is 410 g/mol. The summed E-state index contributed by atoms with van der Waals surface area (Å²) < 4.78 is 41.4. The molecule has 0 spiro atoms. The summed E-state index contributed by atoms with van der Waals surface area (Å²) in [6.45, 7) is 1.61. The maximum absolute atomic E-state index is 12.4. The van der Waals surface area contributed by atoms with E-state index >= 15 is 0 Å². The second-order valence-electron chi connectivity index (χ2n) is 6.53. The largest absolute Gasteiger partial charge is 0.497 e. The van der Waals surface area contributed by atoms with Crippen LogP contribution in [0, 0.1) is 0 Å². The Balaban J connectivity index is 1.69. The second-order valence-corrected chi connectivity index (χ2v) is 8.69. The number of methoxy groups -OCH3 is 1. The standard InChI is InChI=1S/C20H21N3O6S/c1-13(18-21-22-19(29-18)14-5-9-16(27-4)10-6-14)28-20(24)15-7-11-17(12-8-15)30(25,26)23(2)3/h5-13H,1-4H3/t13-/m0/s1. The van der Waals surface area contributed by atoms with Gasteiger partial charge < -0.3 is 13.9 Å². The zero-order chi connectivity index (χ0) is 21.9. The molecule has 0 fully saturated rings. The lowest BCUT2D eigenvalue weighted by molar-refractivity contribution is 0.0279. The molecule has 0 aliphatic carbocycles. The number of benzene rings is 2. The lowest BCUT2D eigenvalue weighted by Gasteiger charge is -2.12. The van der Waals surface area contributed by atoms with Crippen LogP contribution in [-0.2, 0) is 14.8 Å². The Morgan fingerprint density at radius 1 is 1.03 bits per heavy atom. The molecule has 30 heavy (non-hydrogen) atoms. The number of carbonyl (C=O) groups is 1. The van der Waals surface area contributed by atoms with Crippen molar-refractivity contribution >= 4 is 16.0 Å². The molecule has 0 bridgehead atoms. The number of rotatable bonds is 7. The Hall–Kier alpha value is -3.24. The minimum absolute atomic E-state index is 0.0816. The van der Waals surface area contributed by atoms with Crippen molar-refractivity contribution < 1.29 is 27.1 Å². The normalized spacial score (nSPS) is 12.6. The van der Waals surface area contributed by atoms with Gasteiger partial charge in [0.1, 0.15) is 5.75 Å². The fourth-order valence-electron chi connectivity index (χ4n) is 2.50. The number of hydrogen-bond donors (Lipinski definition) is 0. The molecule has 158 valence electrons. The van der Waals surface area contributed by atoms with Gasteiger partial charge in [-0.2, -0.15) is 0 Å². The molecule has 0 amide bonds. The van der Waals surface area contributed by atoms with Crippen molar-refractivity contribution in [3.8, 4) is 17.2 Å². The van der Waals surface area contributed by atoms with Crippen LogP contribution in [0.2, 0.25) is 0 Å². The molecule has 0 saturated heterocycles. The van der Waals surface area contributed by atoms with Crippen LogP contribution in [0.4, 0.5) is 0 Å². The van der Waals surface area contributed by atoms with Crippen molar-refractivity contribution in [2.24, 2.45) is 0 Å². The Labute approximate surface area is 174 Å². The van der Waals surface area contributed by atoms with Gasteiger partial charge in [-0.3, -0.25) is 0 Å². The van der Waals surface area contributed by atoms with Crippen molar-refractivity contribution in [2.45, 2.75) is 17.9 Å². The van der Waals surface area contributed by atoms with Gasteiger partial charge in [0.2, 0.25) is 15.9 Å². The summed E-state index contributed by atoms with van der Waals surface area (Å²) in [5.41, 5.74) is 0.903. The van der Waals surface area contributed by atoms with E-state index in [0.29, 0.717) is 11.3 Å². The Morgan fingerprint density at radius 2 is 1.67 bits per heavy atom. The molecular formula is C20H21N3O6S. The molecule has 1 heterocycles. The lowest BCUT2D eigenvalue weighted by atomic mass is 10.2. The van der Waals surface area contributed by atoms with E-state index in [2.05, 4.69) is 10.2 Å². The third-order valence-electron chi connectivity index (χ3n) is 4.28. The van der Waals surface area contributed by atoms with E-state index in [0.717, 1.165) is 4.31 Å². The zero-order valence-corrected chi connectivity index (χ0v) is 17.7. The van der Waals surface area contributed by atoms with Gasteiger partial charge in [-0.25, -0.2) is 17.5 Å². The molecule has 3 rings (SSSR count). The molecule has 1 aromatic heterocycles. The first kappa shape index (κ1) is 21.5. The minimum atomic E-state index is -3.57. The van der Waals surface area contributed by atoms with Gasteiger partial charge in [0.15, 0.2) is 6.10 Å². The topological polar surface area (TPSA) is 112 Å². The van der Waals surface area contributed by atoms with Gasteiger partial charge in [0.05, 0.1) is 17.6 Å². The van der Waals surface area contributed by atoms with E-state index in [1.807, 2.05) is 0 Å². The van der Waals surface area contributed by atoms with Gasteiger partial charge >= 0.3 is 5.97 Å². The van der Waals surface area contributed by atoms with E-state index in [-0.39, 0.29) is 22.2 Å². The smallest absolute Gasteiger partial charge is 0.338 e. The van der Waals surface area contributed by atoms with E-state index < -0.39 is 22.1 Å². The van der Waals surface area contributed by atoms with E-state index in [4.69, 9.17) is 13.9 Å². The van der Waals surface area contributed by atoms with Crippen molar-refractivity contribution in [1.29, 1.82) is 0 Å². The average Bonchev–Trinajstić information content (AvgIpc) is 3.24. The van der Waals surface area contributed by atoms with Gasteiger partial charge in [-0.05, 0) is 55.5 Å². The van der Waals surface area contributed by atoms with Gasteiger partial charge in [-0.1, -0.05) is 0 Å². The summed E-state index contributed by atoms with van der Waals surface area (Å²) >= 11 is 0. The van der Waals surface area contributed by atoms with Crippen LogP contribution in [0.5, 0.6) is 5.75 Å². The van der Waals surface area contributed by atoms with Crippen molar-refractivity contribution in [3.05, 3.63) is 60.0 Å². The maximum atomic E-state index is 12.4. The van der Waals surface area contributed by atoms with E-state index in [1.54, 1.807) is 38.3 Å². The third kappa shape index (κ3) is 4.50. The van der Waals surface area contributed by atoms with Crippen LogP contribution in [0.3, 0.4) is 0 Å².